The minimum atomic E-state index is 1.24. The number of benzene rings is 1. The summed E-state index contributed by atoms with van der Waals surface area (Å²) < 4.78 is 1.31. The van der Waals surface area contributed by atoms with Crippen LogP contribution in [-0.2, 0) is 12.8 Å². The van der Waals surface area contributed by atoms with Gasteiger partial charge in [-0.3, -0.25) is 0 Å². The van der Waals surface area contributed by atoms with Crippen molar-refractivity contribution in [3.8, 4) is 0 Å². The standard InChI is InChI=1S/C12H15Br/c13-12-9-10-5-3-1-2-4-6-11(12)8-7-10/h7-9H,1-6H2. The van der Waals surface area contributed by atoms with Gasteiger partial charge < -0.3 is 0 Å². The number of hydrogen-bond acceptors (Lipinski definition) is 0. The summed E-state index contributed by atoms with van der Waals surface area (Å²) in [6.07, 6.45) is 7.98. The van der Waals surface area contributed by atoms with Crippen molar-refractivity contribution in [2.24, 2.45) is 0 Å². The first-order valence-corrected chi connectivity index (χ1v) is 5.93. The molecular weight excluding hydrogens is 224 g/mol. The van der Waals surface area contributed by atoms with Crippen molar-refractivity contribution in [1.82, 2.24) is 0 Å². The van der Waals surface area contributed by atoms with E-state index in [9.17, 15) is 0 Å². The molecule has 70 valence electrons. The zero-order valence-corrected chi connectivity index (χ0v) is 9.44. The van der Waals surface area contributed by atoms with E-state index in [-0.39, 0.29) is 0 Å². The highest BCUT2D eigenvalue weighted by atomic mass is 79.9. The molecule has 0 heterocycles. The van der Waals surface area contributed by atoms with E-state index in [4.69, 9.17) is 0 Å². The van der Waals surface area contributed by atoms with Crippen molar-refractivity contribution in [2.45, 2.75) is 38.5 Å². The van der Waals surface area contributed by atoms with Crippen LogP contribution in [0.5, 0.6) is 0 Å². The second-order valence-electron chi connectivity index (χ2n) is 3.84. The summed E-state index contributed by atoms with van der Waals surface area (Å²) in [5.74, 6) is 0. The molecule has 0 unspecified atom stereocenters. The normalized spacial score (nSPS) is 17.3. The maximum Gasteiger partial charge on any atom is 0.0210 e. The summed E-state index contributed by atoms with van der Waals surface area (Å²) in [4.78, 5) is 0. The Morgan fingerprint density at radius 1 is 0.923 bits per heavy atom. The monoisotopic (exact) mass is 238 g/mol. The molecule has 13 heavy (non-hydrogen) atoms. The predicted octanol–water partition coefficient (Wildman–Crippen LogP) is 4.11. The molecule has 0 saturated carbocycles. The number of aryl methyl sites for hydroxylation is 2. The van der Waals surface area contributed by atoms with Crippen LogP contribution in [0.2, 0.25) is 0 Å². The number of hydrogen-bond donors (Lipinski definition) is 0. The van der Waals surface area contributed by atoms with Gasteiger partial charge in [-0.15, -0.1) is 0 Å². The molecule has 0 fully saturated rings. The summed E-state index contributed by atoms with van der Waals surface area (Å²) in [5, 5.41) is 0. The topological polar surface area (TPSA) is 0 Å². The van der Waals surface area contributed by atoms with Crippen LogP contribution >= 0.6 is 15.9 Å². The van der Waals surface area contributed by atoms with E-state index < -0.39 is 0 Å². The molecule has 0 atom stereocenters. The van der Waals surface area contributed by atoms with Gasteiger partial charge in [0, 0.05) is 4.47 Å². The van der Waals surface area contributed by atoms with E-state index in [1.165, 1.54) is 54.1 Å². The molecule has 0 spiro atoms. The van der Waals surface area contributed by atoms with Crippen LogP contribution in [0.25, 0.3) is 0 Å². The highest BCUT2D eigenvalue weighted by Crippen LogP contribution is 2.23. The van der Waals surface area contributed by atoms with Crippen LogP contribution in [0.1, 0.15) is 36.8 Å². The van der Waals surface area contributed by atoms with E-state index in [2.05, 4.69) is 34.1 Å². The van der Waals surface area contributed by atoms with Crippen molar-refractivity contribution < 1.29 is 0 Å². The van der Waals surface area contributed by atoms with Crippen molar-refractivity contribution in [3.63, 3.8) is 0 Å². The van der Waals surface area contributed by atoms with Gasteiger partial charge in [0.2, 0.25) is 0 Å². The second-order valence-corrected chi connectivity index (χ2v) is 4.69. The Kier molecular flexibility index (Phi) is 3.05. The van der Waals surface area contributed by atoms with Crippen molar-refractivity contribution in [1.29, 1.82) is 0 Å². The van der Waals surface area contributed by atoms with E-state index in [0.29, 0.717) is 0 Å². The number of fused-ring (bicyclic) bond motifs is 7. The SMILES string of the molecule is Brc1cc2ccc1CCCCCC2. The lowest BCUT2D eigenvalue weighted by Crippen LogP contribution is -1.94. The van der Waals surface area contributed by atoms with E-state index in [1.54, 1.807) is 0 Å². The Balaban J connectivity index is 2.29. The van der Waals surface area contributed by atoms with Crippen molar-refractivity contribution in [2.75, 3.05) is 0 Å². The summed E-state index contributed by atoms with van der Waals surface area (Å²) in [6, 6.07) is 6.86. The molecule has 2 bridgehead atoms. The third-order valence-electron chi connectivity index (χ3n) is 2.78. The fraction of sp³-hybridized carbons (Fsp3) is 0.500. The minimum Gasteiger partial charge on any atom is -0.0587 e. The Morgan fingerprint density at radius 2 is 1.69 bits per heavy atom. The van der Waals surface area contributed by atoms with Gasteiger partial charge in [0.25, 0.3) is 0 Å². The molecule has 0 aromatic heterocycles. The first-order chi connectivity index (χ1) is 6.36. The number of halogens is 1. The largest absolute Gasteiger partial charge is 0.0587 e. The van der Waals surface area contributed by atoms with Gasteiger partial charge in [-0.2, -0.15) is 0 Å². The molecule has 0 amide bonds. The zero-order chi connectivity index (χ0) is 9.10. The summed E-state index contributed by atoms with van der Waals surface area (Å²) >= 11 is 3.64. The maximum absolute atomic E-state index is 3.64. The molecule has 0 nitrogen and oxygen atoms in total. The molecule has 1 aromatic rings. The third kappa shape index (κ3) is 2.34. The first-order valence-electron chi connectivity index (χ1n) is 5.13. The summed E-state index contributed by atoms with van der Waals surface area (Å²) in [5.41, 5.74) is 2.96. The molecule has 0 radical (unpaired) electrons. The molecule has 1 aromatic carbocycles. The van der Waals surface area contributed by atoms with Crippen LogP contribution in [-0.4, -0.2) is 0 Å². The smallest absolute Gasteiger partial charge is 0.0210 e. The van der Waals surface area contributed by atoms with Gasteiger partial charge in [0.15, 0.2) is 0 Å². The van der Waals surface area contributed by atoms with Crippen molar-refractivity contribution in [3.05, 3.63) is 33.8 Å². The minimum absolute atomic E-state index is 1.24. The maximum atomic E-state index is 3.64. The van der Waals surface area contributed by atoms with Gasteiger partial charge in [0.1, 0.15) is 0 Å². The fourth-order valence-corrected chi connectivity index (χ4v) is 2.57. The third-order valence-corrected chi connectivity index (χ3v) is 3.52. The van der Waals surface area contributed by atoms with Gasteiger partial charge in [-0.05, 0) is 42.9 Å². The lowest BCUT2D eigenvalue weighted by molar-refractivity contribution is 0.634. The molecule has 2 aliphatic rings. The molecule has 0 saturated heterocycles. The highest BCUT2D eigenvalue weighted by molar-refractivity contribution is 9.10. The van der Waals surface area contributed by atoms with Crippen LogP contribution in [0.15, 0.2) is 22.7 Å². The Hall–Kier alpha value is -0.300. The zero-order valence-electron chi connectivity index (χ0n) is 7.85. The van der Waals surface area contributed by atoms with Crippen LogP contribution in [0.4, 0.5) is 0 Å². The molecule has 2 aliphatic carbocycles. The Labute approximate surface area is 88.5 Å². The van der Waals surface area contributed by atoms with Gasteiger partial charge in [0.05, 0.1) is 0 Å². The summed E-state index contributed by atoms with van der Waals surface area (Å²) in [7, 11) is 0. The van der Waals surface area contributed by atoms with E-state index in [0.717, 1.165) is 0 Å². The molecule has 0 aliphatic heterocycles. The van der Waals surface area contributed by atoms with Crippen molar-refractivity contribution >= 4 is 15.9 Å². The number of rotatable bonds is 0. The first kappa shape index (κ1) is 9.26. The van der Waals surface area contributed by atoms with Gasteiger partial charge >= 0.3 is 0 Å². The van der Waals surface area contributed by atoms with Crippen LogP contribution in [0.3, 0.4) is 0 Å². The molecule has 3 rings (SSSR count). The lowest BCUT2D eigenvalue weighted by atomic mass is 9.98. The quantitative estimate of drug-likeness (QED) is 0.639. The lowest BCUT2D eigenvalue weighted by Gasteiger charge is -2.10. The molecule has 0 N–H and O–H groups in total. The van der Waals surface area contributed by atoms with Gasteiger partial charge in [-0.25, -0.2) is 0 Å². The second kappa shape index (κ2) is 4.28. The average Bonchev–Trinajstić information content (AvgIpc) is 2.16. The molecule has 1 heteroatoms. The van der Waals surface area contributed by atoms with E-state index in [1.807, 2.05) is 0 Å². The molecular formula is C12H15Br. The Bertz CT molecular complexity index is 291. The van der Waals surface area contributed by atoms with Crippen LogP contribution in [0, 0.1) is 0 Å². The van der Waals surface area contributed by atoms with E-state index >= 15 is 0 Å². The average molecular weight is 239 g/mol. The fourth-order valence-electron chi connectivity index (χ4n) is 1.95. The van der Waals surface area contributed by atoms with Gasteiger partial charge in [-0.1, -0.05) is 40.9 Å². The highest BCUT2D eigenvalue weighted by Gasteiger charge is 2.04. The predicted molar refractivity (Wildman–Crippen MR) is 60.0 cm³/mol. The summed E-state index contributed by atoms with van der Waals surface area (Å²) in [6.45, 7) is 0. The Morgan fingerprint density at radius 3 is 2.46 bits per heavy atom. The van der Waals surface area contributed by atoms with Crippen LogP contribution < -0.4 is 0 Å².